The van der Waals surface area contributed by atoms with Crippen LogP contribution >= 0.6 is 15.9 Å². The predicted molar refractivity (Wildman–Crippen MR) is 74.8 cm³/mol. The lowest BCUT2D eigenvalue weighted by Crippen LogP contribution is -1.99. The molecule has 0 aliphatic carbocycles. The molecule has 2 nitrogen and oxygen atoms in total. The Kier molecular flexibility index (Phi) is 3.82. The van der Waals surface area contributed by atoms with Gasteiger partial charge in [0, 0.05) is 22.3 Å². The number of para-hydroxylation sites is 1. The van der Waals surface area contributed by atoms with Gasteiger partial charge in [-0.1, -0.05) is 46.3 Å². The summed E-state index contributed by atoms with van der Waals surface area (Å²) in [6.07, 6.45) is 0.593. The van der Waals surface area contributed by atoms with E-state index in [1.54, 1.807) is 0 Å². The summed E-state index contributed by atoms with van der Waals surface area (Å²) in [4.78, 5) is 0. The molecule has 2 rings (SSSR count). The van der Waals surface area contributed by atoms with E-state index in [0.29, 0.717) is 6.42 Å². The Morgan fingerprint density at radius 3 is 2.41 bits per heavy atom. The standard InChI is InChI=1S/C14H14BrNO/c15-12-6-4-10(5-7-12)13-3-1-2-11(8-9-17)14(13)16/h1-7,17H,8-9,16H2. The van der Waals surface area contributed by atoms with Gasteiger partial charge in [-0.05, 0) is 29.7 Å². The van der Waals surface area contributed by atoms with Gasteiger partial charge in [-0.25, -0.2) is 0 Å². The quantitative estimate of drug-likeness (QED) is 0.853. The molecule has 2 aromatic rings. The number of rotatable bonds is 3. The van der Waals surface area contributed by atoms with E-state index in [2.05, 4.69) is 15.9 Å². The largest absolute Gasteiger partial charge is 0.398 e. The third-order valence-corrected chi connectivity index (χ3v) is 3.26. The Morgan fingerprint density at radius 1 is 1.06 bits per heavy atom. The molecule has 0 aromatic heterocycles. The normalized spacial score (nSPS) is 10.5. The molecule has 88 valence electrons. The smallest absolute Gasteiger partial charge is 0.0472 e. The van der Waals surface area contributed by atoms with E-state index >= 15 is 0 Å². The van der Waals surface area contributed by atoms with Crippen LogP contribution in [0.15, 0.2) is 46.9 Å². The first-order chi connectivity index (χ1) is 8.22. The second-order valence-corrected chi connectivity index (χ2v) is 4.77. The lowest BCUT2D eigenvalue weighted by Gasteiger charge is -2.10. The van der Waals surface area contributed by atoms with Crippen molar-refractivity contribution < 1.29 is 5.11 Å². The fourth-order valence-electron chi connectivity index (χ4n) is 1.83. The zero-order chi connectivity index (χ0) is 12.3. The molecular formula is C14H14BrNO. The molecule has 0 amide bonds. The molecule has 2 aromatic carbocycles. The van der Waals surface area contributed by atoms with Crippen molar-refractivity contribution in [1.82, 2.24) is 0 Å². The Bertz CT molecular complexity index is 508. The van der Waals surface area contributed by atoms with Crippen LogP contribution in [0.1, 0.15) is 5.56 Å². The zero-order valence-corrected chi connectivity index (χ0v) is 10.9. The molecule has 3 heteroatoms. The van der Waals surface area contributed by atoms with E-state index in [4.69, 9.17) is 10.8 Å². The number of nitrogen functional groups attached to an aromatic ring is 1. The van der Waals surface area contributed by atoms with Gasteiger partial charge >= 0.3 is 0 Å². The third kappa shape index (κ3) is 2.68. The molecule has 0 aliphatic heterocycles. The van der Waals surface area contributed by atoms with Crippen molar-refractivity contribution in [2.45, 2.75) is 6.42 Å². The van der Waals surface area contributed by atoms with Crippen molar-refractivity contribution in [3.05, 3.63) is 52.5 Å². The number of hydrogen-bond acceptors (Lipinski definition) is 2. The van der Waals surface area contributed by atoms with Crippen LogP contribution in [-0.4, -0.2) is 11.7 Å². The van der Waals surface area contributed by atoms with Crippen LogP contribution in [-0.2, 0) is 6.42 Å². The van der Waals surface area contributed by atoms with Gasteiger partial charge in [-0.15, -0.1) is 0 Å². The Hall–Kier alpha value is -1.32. The maximum Gasteiger partial charge on any atom is 0.0472 e. The SMILES string of the molecule is Nc1c(CCO)cccc1-c1ccc(Br)cc1. The van der Waals surface area contributed by atoms with Crippen molar-refractivity contribution in [1.29, 1.82) is 0 Å². The van der Waals surface area contributed by atoms with Crippen molar-refractivity contribution in [2.24, 2.45) is 0 Å². The van der Waals surface area contributed by atoms with Gasteiger partial charge in [0.1, 0.15) is 0 Å². The topological polar surface area (TPSA) is 46.2 Å². The molecule has 0 saturated carbocycles. The molecule has 0 aliphatic rings. The average molecular weight is 292 g/mol. The van der Waals surface area contributed by atoms with Gasteiger partial charge < -0.3 is 10.8 Å². The summed E-state index contributed by atoms with van der Waals surface area (Å²) in [7, 11) is 0. The van der Waals surface area contributed by atoms with E-state index in [-0.39, 0.29) is 6.61 Å². The summed E-state index contributed by atoms with van der Waals surface area (Å²) >= 11 is 3.41. The fourth-order valence-corrected chi connectivity index (χ4v) is 2.10. The summed E-state index contributed by atoms with van der Waals surface area (Å²) < 4.78 is 1.05. The highest BCUT2D eigenvalue weighted by Gasteiger charge is 2.06. The maximum atomic E-state index is 8.98. The van der Waals surface area contributed by atoms with Crippen LogP contribution in [0, 0.1) is 0 Å². The summed E-state index contributed by atoms with van der Waals surface area (Å²) in [6.45, 7) is 0.119. The summed E-state index contributed by atoms with van der Waals surface area (Å²) in [5, 5.41) is 8.98. The third-order valence-electron chi connectivity index (χ3n) is 2.73. The molecule has 3 N–H and O–H groups in total. The first-order valence-corrected chi connectivity index (χ1v) is 6.26. The average Bonchev–Trinajstić information content (AvgIpc) is 2.34. The van der Waals surface area contributed by atoms with Crippen molar-refractivity contribution >= 4 is 21.6 Å². The number of aliphatic hydroxyl groups is 1. The molecule has 0 fully saturated rings. The minimum absolute atomic E-state index is 0.119. The predicted octanol–water partition coefficient (Wildman–Crippen LogP) is 3.23. The van der Waals surface area contributed by atoms with Crippen LogP contribution in [0.5, 0.6) is 0 Å². The number of aliphatic hydroxyl groups excluding tert-OH is 1. The number of hydrogen-bond donors (Lipinski definition) is 2. The van der Waals surface area contributed by atoms with Crippen molar-refractivity contribution in [2.75, 3.05) is 12.3 Å². The summed E-state index contributed by atoms with van der Waals surface area (Å²) in [6, 6.07) is 14.0. The minimum Gasteiger partial charge on any atom is -0.398 e. The van der Waals surface area contributed by atoms with Crippen LogP contribution in [0.2, 0.25) is 0 Å². The Labute approximate surface area is 109 Å². The van der Waals surface area contributed by atoms with E-state index in [9.17, 15) is 0 Å². The number of benzene rings is 2. The number of anilines is 1. The van der Waals surface area contributed by atoms with E-state index < -0.39 is 0 Å². The molecule has 17 heavy (non-hydrogen) atoms. The molecule has 0 radical (unpaired) electrons. The first kappa shape index (κ1) is 12.1. The van der Waals surface area contributed by atoms with Crippen molar-refractivity contribution in [3.8, 4) is 11.1 Å². The van der Waals surface area contributed by atoms with E-state index in [1.165, 1.54) is 0 Å². The highest BCUT2D eigenvalue weighted by molar-refractivity contribution is 9.10. The molecule has 0 bridgehead atoms. The fraction of sp³-hybridized carbons (Fsp3) is 0.143. The highest BCUT2D eigenvalue weighted by atomic mass is 79.9. The molecule has 0 spiro atoms. The first-order valence-electron chi connectivity index (χ1n) is 5.46. The van der Waals surface area contributed by atoms with Crippen LogP contribution in [0.4, 0.5) is 5.69 Å². The zero-order valence-electron chi connectivity index (χ0n) is 9.36. The number of nitrogens with two attached hydrogens (primary N) is 1. The molecule has 0 heterocycles. The van der Waals surface area contributed by atoms with Gasteiger partial charge in [0.25, 0.3) is 0 Å². The second-order valence-electron chi connectivity index (χ2n) is 3.86. The maximum absolute atomic E-state index is 8.98. The van der Waals surface area contributed by atoms with Gasteiger partial charge in [-0.3, -0.25) is 0 Å². The molecule has 0 saturated heterocycles. The second kappa shape index (κ2) is 5.34. The monoisotopic (exact) mass is 291 g/mol. The van der Waals surface area contributed by atoms with Crippen LogP contribution in [0.25, 0.3) is 11.1 Å². The van der Waals surface area contributed by atoms with Crippen molar-refractivity contribution in [3.63, 3.8) is 0 Å². The van der Waals surface area contributed by atoms with Gasteiger partial charge in [0.2, 0.25) is 0 Å². The molecular weight excluding hydrogens is 278 g/mol. The lowest BCUT2D eigenvalue weighted by molar-refractivity contribution is 0.300. The summed E-state index contributed by atoms with van der Waals surface area (Å²) in [5.41, 5.74) is 9.97. The lowest BCUT2D eigenvalue weighted by atomic mass is 9.99. The van der Waals surface area contributed by atoms with Gasteiger partial charge in [-0.2, -0.15) is 0 Å². The Balaban J connectivity index is 2.45. The number of halogens is 1. The molecule has 0 unspecified atom stereocenters. The molecule has 0 atom stereocenters. The van der Waals surface area contributed by atoms with Gasteiger partial charge in [0.15, 0.2) is 0 Å². The Morgan fingerprint density at radius 2 is 1.76 bits per heavy atom. The van der Waals surface area contributed by atoms with Crippen LogP contribution in [0.3, 0.4) is 0 Å². The van der Waals surface area contributed by atoms with Crippen LogP contribution < -0.4 is 5.73 Å². The minimum atomic E-state index is 0.119. The van der Waals surface area contributed by atoms with E-state index in [1.807, 2.05) is 42.5 Å². The van der Waals surface area contributed by atoms with Gasteiger partial charge in [0.05, 0.1) is 0 Å². The highest BCUT2D eigenvalue weighted by Crippen LogP contribution is 2.29. The summed E-state index contributed by atoms with van der Waals surface area (Å²) in [5.74, 6) is 0. The van der Waals surface area contributed by atoms with E-state index in [0.717, 1.165) is 26.9 Å².